The Morgan fingerprint density at radius 3 is 2.32 bits per heavy atom. The fourth-order valence-corrected chi connectivity index (χ4v) is 1.46. The third-order valence-corrected chi connectivity index (χ3v) is 2.53. The zero-order chi connectivity index (χ0) is 14.8. The summed E-state index contributed by atoms with van der Waals surface area (Å²) in [6.07, 6.45) is 5.44. The van der Waals surface area contributed by atoms with Crippen molar-refractivity contribution in [1.29, 1.82) is 0 Å². The van der Waals surface area contributed by atoms with Crippen LogP contribution >= 0.6 is 0 Å². The molecule has 0 aliphatic rings. The minimum Gasteiger partial charge on any atom is -0.453 e. The summed E-state index contributed by atoms with van der Waals surface area (Å²) >= 11 is 0. The lowest BCUT2D eigenvalue weighted by atomic mass is 10.1. The molecule has 0 aromatic carbocycles. The molecule has 4 nitrogen and oxygen atoms in total. The van der Waals surface area contributed by atoms with Gasteiger partial charge < -0.3 is 10.1 Å². The molecule has 0 saturated carbocycles. The van der Waals surface area contributed by atoms with Crippen LogP contribution in [0.4, 0.5) is 0 Å². The predicted octanol–water partition coefficient (Wildman–Crippen LogP) is 2.75. The van der Waals surface area contributed by atoms with E-state index in [1.165, 1.54) is 18.1 Å². The van der Waals surface area contributed by atoms with E-state index in [1.54, 1.807) is 6.92 Å². The van der Waals surface area contributed by atoms with Crippen LogP contribution in [0.2, 0.25) is 0 Å². The second kappa shape index (κ2) is 9.36. The third-order valence-electron chi connectivity index (χ3n) is 2.53. The molecule has 1 amide bonds. The van der Waals surface area contributed by atoms with Crippen molar-refractivity contribution >= 4 is 11.9 Å². The molecule has 0 aromatic rings. The van der Waals surface area contributed by atoms with Crippen molar-refractivity contribution in [3.8, 4) is 0 Å². The number of amides is 1. The molecule has 0 bridgehead atoms. The molecule has 0 unspecified atom stereocenters. The number of nitrogens with one attached hydrogen (secondary N) is 1. The smallest absolute Gasteiger partial charge is 0.303 e. The van der Waals surface area contributed by atoms with E-state index in [9.17, 15) is 9.59 Å². The summed E-state index contributed by atoms with van der Waals surface area (Å²) in [5, 5.41) is 2.71. The molecule has 1 N–H and O–H groups in total. The summed E-state index contributed by atoms with van der Waals surface area (Å²) in [5.41, 5.74) is 2.55. The van der Waals surface area contributed by atoms with Crippen LogP contribution < -0.4 is 5.32 Å². The maximum atomic E-state index is 11.5. The van der Waals surface area contributed by atoms with Crippen LogP contribution in [-0.4, -0.2) is 24.5 Å². The minimum absolute atomic E-state index is 0.274. The Hall–Kier alpha value is -1.58. The van der Waals surface area contributed by atoms with Crippen molar-refractivity contribution in [1.82, 2.24) is 5.32 Å². The van der Waals surface area contributed by atoms with Gasteiger partial charge in [0.1, 0.15) is 0 Å². The summed E-state index contributed by atoms with van der Waals surface area (Å²) in [6, 6.07) is 0. The van der Waals surface area contributed by atoms with Gasteiger partial charge in [0.15, 0.2) is 6.10 Å². The maximum absolute atomic E-state index is 11.5. The largest absolute Gasteiger partial charge is 0.453 e. The molecular weight excluding hydrogens is 242 g/mol. The summed E-state index contributed by atoms with van der Waals surface area (Å²) in [7, 11) is 0. The Morgan fingerprint density at radius 1 is 1.16 bits per heavy atom. The normalized spacial score (nSPS) is 12.6. The summed E-state index contributed by atoms with van der Waals surface area (Å²) in [5.74, 6) is -0.723. The van der Waals surface area contributed by atoms with Gasteiger partial charge in [-0.2, -0.15) is 0 Å². The van der Waals surface area contributed by atoms with Crippen LogP contribution in [0.1, 0.15) is 47.5 Å². The lowest BCUT2D eigenvalue weighted by Crippen LogP contribution is -2.35. The lowest BCUT2D eigenvalue weighted by molar-refractivity contribution is -0.152. The van der Waals surface area contributed by atoms with Gasteiger partial charge in [-0.15, -0.1) is 0 Å². The molecule has 4 heteroatoms. The first-order valence-electron chi connectivity index (χ1n) is 6.57. The van der Waals surface area contributed by atoms with E-state index < -0.39 is 12.1 Å². The zero-order valence-corrected chi connectivity index (χ0v) is 12.6. The van der Waals surface area contributed by atoms with E-state index in [0.717, 1.165) is 12.8 Å². The second-order valence-corrected chi connectivity index (χ2v) is 4.87. The summed E-state index contributed by atoms with van der Waals surface area (Å²) in [6.45, 7) is 9.51. The topological polar surface area (TPSA) is 55.4 Å². The molecule has 108 valence electrons. The van der Waals surface area contributed by atoms with Crippen LogP contribution in [-0.2, 0) is 14.3 Å². The Kier molecular flexibility index (Phi) is 8.58. The quantitative estimate of drug-likeness (QED) is 0.570. The number of esters is 1. The third kappa shape index (κ3) is 10.1. The first kappa shape index (κ1) is 17.4. The van der Waals surface area contributed by atoms with Gasteiger partial charge >= 0.3 is 5.97 Å². The SMILES string of the molecule is CC(=O)O[C@@H](C)C(=O)NC/C=C(\C)CCC=C(C)C. The van der Waals surface area contributed by atoms with Gasteiger partial charge in [0.05, 0.1) is 0 Å². The van der Waals surface area contributed by atoms with Crippen molar-refractivity contribution in [3.63, 3.8) is 0 Å². The number of carbonyl (C=O) groups is 2. The predicted molar refractivity (Wildman–Crippen MR) is 76.7 cm³/mol. The van der Waals surface area contributed by atoms with Crippen LogP contribution in [0.15, 0.2) is 23.3 Å². The van der Waals surface area contributed by atoms with E-state index in [1.807, 2.05) is 13.0 Å². The van der Waals surface area contributed by atoms with Gasteiger partial charge in [-0.3, -0.25) is 9.59 Å². The van der Waals surface area contributed by atoms with Crippen molar-refractivity contribution in [2.45, 2.75) is 53.6 Å². The highest BCUT2D eigenvalue weighted by Gasteiger charge is 2.14. The molecule has 0 saturated heterocycles. The first-order valence-corrected chi connectivity index (χ1v) is 6.57. The molecule has 0 aliphatic carbocycles. The van der Waals surface area contributed by atoms with Crippen molar-refractivity contribution in [2.75, 3.05) is 6.54 Å². The molecule has 0 fully saturated rings. The fourth-order valence-electron chi connectivity index (χ4n) is 1.46. The van der Waals surface area contributed by atoms with Gasteiger partial charge in [-0.05, 0) is 40.5 Å². The number of allylic oxidation sites excluding steroid dienone is 3. The number of hydrogen-bond acceptors (Lipinski definition) is 3. The van der Waals surface area contributed by atoms with Crippen LogP contribution in [0.25, 0.3) is 0 Å². The van der Waals surface area contributed by atoms with E-state index in [-0.39, 0.29) is 5.91 Å². The molecule has 0 aromatic heterocycles. The highest BCUT2D eigenvalue weighted by Crippen LogP contribution is 2.05. The Balaban J connectivity index is 3.96. The van der Waals surface area contributed by atoms with Crippen molar-refractivity contribution < 1.29 is 14.3 Å². The Bertz CT molecular complexity index is 366. The highest BCUT2D eigenvalue weighted by atomic mass is 16.5. The van der Waals surface area contributed by atoms with E-state index in [2.05, 4.69) is 25.2 Å². The van der Waals surface area contributed by atoms with Crippen molar-refractivity contribution in [3.05, 3.63) is 23.3 Å². The van der Waals surface area contributed by atoms with Gasteiger partial charge in [0, 0.05) is 13.5 Å². The molecule has 0 heterocycles. The van der Waals surface area contributed by atoms with Gasteiger partial charge in [-0.25, -0.2) is 0 Å². The number of hydrogen-bond donors (Lipinski definition) is 1. The molecule has 0 rings (SSSR count). The number of ether oxygens (including phenoxy) is 1. The van der Waals surface area contributed by atoms with E-state index in [0.29, 0.717) is 6.54 Å². The molecule has 0 spiro atoms. The minimum atomic E-state index is -0.739. The van der Waals surface area contributed by atoms with E-state index >= 15 is 0 Å². The standard InChI is InChI=1S/C15H25NO3/c1-11(2)7-6-8-12(3)9-10-16-15(18)13(4)19-14(5)17/h7,9,13H,6,8,10H2,1-5H3,(H,16,18)/b12-9+/t13-/m0/s1. The van der Waals surface area contributed by atoms with Crippen LogP contribution in [0.3, 0.4) is 0 Å². The fraction of sp³-hybridized carbons (Fsp3) is 0.600. The van der Waals surface area contributed by atoms with Gasteiger partial charge in [0.25, 0.3) is 5.91 Å². The maximum Gasteiger partial charge on any atom is 0.303 e. The highest BCUT2D eigenvalue weighted by molar-refractivity contribution is 5.82. The van der Waals surface area contributed by atoms with Gasteiger partial charge in [-0.1, -0.05) is 23.3 Å². The number of rotatable bonds is 7. The second-order valence-electron chi connectivity index (χ2n) is 4.87. The van der Waals surface area contributed by atoms with Crippen molar-refractivity contribution in [2.24, 2.45) is 0 Å². The monoisotopic (exact) mass is 267 g/mol. The summed E-state index contributed by atoms with van der Waals surface area (Å²) < 4.78 is 4.78. The molecular formula is C15H25NO3. The molecule has 1 atom stereocenters. The van der Waals surface area contributed by atoms with Crippen LogP contribution in [0, 0.1) is 0 Å². The lowest BCUT2D eigenvalue weighted by Gasteiger charge is -2.11. The molecule has 0 radical (unpaired) electrons. The average molecular weight is 267 g/mol. The zero-order valence-electron chi connectivity index (χ0n) is 12.6. The van der Waals surface area contributed by atoms with Gasteiger partial charge in [0.2, 0.25) is 0 Å². The number of carbonyl (C=O) groups excluding carboxylic acids is 2. The average Bonchev–Trinajstić information content (AvgIpc) is 2.27. The van der Waals surface area contributed by atoms with Crippen LogP contribution in [0.5, 0.6) is 0 Å². The molecule has 0 aliphatic heterocycles. The Labute approximate surface area is 115 Å². The van der Waals surface area contributed by atoms with E-state index in [4.69, 9.17) is 4.74 Å². The molecule has 19 heavy (non-hydrogen) atoms. The summed E-state index contributed by atoms with van der Waals surface area (Å²) in [4.78, 5) is 22.2. The first-order chi connectivity index (χ1) is 8.82. The Morgan fingerprint density at radius 2 is 1.79 bits per heavy atom.